The van der Waals surface area contributed by atoms with E-state index >= 15 is 0 Å². The molecule has 6 nitrogen and oxygen atoms in total. The minimum absolute atomic E-state index is 0.0328. The van der Waals surface area contributed by atoms with Crippen LogP contribution in [0.5, 0.6) is 5.75 Å². The van der Waals surface area contributed by atoms with Crippen molar-refractivity contribution in [2.75, 3.05) is 13.2 Å². The zero-order valence-corrected chi connectivity index (χ0v) is 9.96. The number of rotatable bonds is 4. The van der Waals surface area contributed by atoms with Crippen molar-refractivity contribution in [2.45, 2.75) is 13.0 Å². The van der Waals surface area contributed by atoms with Gasteiger partial charge in [0, 0.05) is 5.46 Å². The Morgan fingerprint density at radius 3 is 3.06 bits per heavy atom. The van der Waals surface area contributed by atoms with Gasteiger partial charge < -0.3 is 24.9 Å². The first-order valence-corrected chi connectivity index (χ1v) is 5.64. The molecule has 2 rings (SSSR count). The smallest absolute Gasteiger partial charge is 0.494 e. The molecule has 1 aromatic rings. The Labute approximate surface area is 105 Å². The van der Waals surface area contributed by atoms with E-state index in [9.17, 15) is 9.82 Å². The van der Waals surface area contributed by atoms with E-state index < -0.39 is 19.3 Å². The fraction of sp³-hybridized carbons (Fsp3) is 0.364. The third kappa shape index (κ3) is 2.41. The molecule has 0 aliphatic carbocycles. The van der Waals surface area contributed by atoms with Crippen LogP contribution in [0.15, 0.2) is 18.2 Å². The van der Waals surface area contributed by atoms with Crippen LogP contribution in [0.3, 0.4) is 0 Å². The Kier molecular flexibility index (Phi) is 3.73. The standard InChI is InChI=1S/C11H14BNO5/c1-2-16-8-5-3-4-7-9(6-17-11(13)14)18-12(15)10(7)8/h3-5,9,15H,2,6H2,1H3,(H2,13,14). The van der Waals surface area contributed by atoms with Crippen molar-refractivity contribution in [3.05, 3.63) is 23.8 Å². The Morgan fingerprint density at radius 2 is 2.39 bits per heavy atom. The maximum absolute atomic E-state index is 10.6. The number of hydrogen-bond acceptors (Lipinski definition) is 5. The monoisotopic (exact) mass is 251 g/mol. The van der Waals surface area contributed by atoms with Crippen molar-refractivity contribution in [3.63, 3.8) is 0 Å². The van der Waals surface area contributed by atoms with Gasteiger partial charge in [-0.25, -0.2) is 4.79 Å². The van der Waals surface area contributed by atoms with Crippen LogP contribution in [0.2, 0.25) is 0 Å². The lowest BCUT2D eigenvalue weighted by atomic mass is 9.78. The first kappa shape index (κ1) is 12.7. The molecule has 0 spiro atoms. The molecule has 0 aromatic heterocycles. The summed E-state index contributed by atoms with van der Waals surface area (Å²) in [4.78, 5) is 10.6. The number of carbonyl (C=O) groups excluding carboxylic acids is 1. The molecule has 0 fully saturated rings. The van der Waals surface area contributed by atoms with Gasteiger partial charge in [0.1, 0.15) is 18.5 Å². The summed E-state index contributed by atoms with van der Waals surface area (Å²) in [7, 11) is -1.08. The van der Waals surface area contributed by atoms with Gasteiger partial charge in [-0.3, -0.25) is 0 Å². The molecule has 1 aromatic carbocycles. The summed E-state index contributed by atoms with van der Waals surface area (Å²) in [5, 5.41) is 9.85. The highest BCUT2D eigenvalue weighted by molar-refractivity contribution is 6.62. The molecule has 7 heteroatoms. The lowest BCUT2D eigenvalue weighted by Crippen LogP contribution is -2.29. The van der Waals surface area contributed by atoms with E-state index in [1.54, 1.807) is 18.2 Å². The van der Waals surface area contributed by atoms with Crippen molar-refractivity contribution < 1.29 is 23.9 Å². The van der Waals surface area contributed by atoms with E-state index in [4.69, 9.17) is 19.9 Å². The quantitative estimate of drug-likeness (QED) is 0.731. The maximum Gasteiger partial charge on any atom is 0.495 e. The lowest BCUT2D eigenvalue weighted by Gasteiger charge is -2.12. The van der Waals surface area contributed by atoms with E-state index in [1.165, 1.54) is 0 Å². The number of ether oxygens (including phenoxy) is 2. The molecule has 0 radical (unpaired) electrons. The number of fused-ring (bicyclic) bond motifs is 1. The van der Waals surface area contributed by atoms with Gasteiger partial charge in [-0.2, -0.15) is 0 Å². The normalized spacial score (nSPS) is 17.4. The van der Waals surface area contributed by atoms with Crippen molar-refractivity contribution in [1.29, 1.82) is 0 Å². The average Bonchev–Trinajstić information content (AvgIpc) is 2.65. The minimum atomic E-state index is -1.08. The predicted octanol–water partition coefficient (Wildman–Crippen LogP) is -0.0606. The SMILES string of the molecule is CCOc1cccc2c1B(O)OC2COC(N)=O. The summed E-state index contributed by atoms with van der Waals surface area (Å²) in [6, 6.07) is 5.35. The fourth-order valence-electron chi connectivity index (χ4n) is 1.97. The number of carbonyl (C=O) groups is 1. The van der Waals surface area contributed by atoms with E-state index in [0.717, 1.165) is 5.56 Å². The first-order valence-electron chi connectivity index (χ1n) is 5.64. The Hall–Kier alpha value is -1.73. The van der Waals surface area contributed by atoms with Crippen LogP contribution >= 0.6 is 0 Å². The Morgan fingerprint density at radius 1 is 1.61 bits per heavy atom. The molecule has 1 atom stereocenters. The fourth-order valence-corrected chi connectivity index (χ4v) is 1.97. The topological polar surface area (TPSA) is 91.0 Å². The van der Waals surface area contributed by atoms with Gasteiger partial charge in [0.05, 0.1) is 6.61 Å². The predicted molar refractivity (Wildman–Crippen MR) is 64.6 cm³/mol. The largest absolute Gasteiger partial charge is 0.495 e. The molecule has 1 aliphatic rings. The zero-order valence-electron chi connectivity index (χ0n) is 9.96. The van der Waals surface area contributed by atoms with E-state index in [1.807, 2.05) is 6.92 Å². The van der Waals surface area contributed by atoms with E-state index in [-0.39, 0.29) is 6.61 Å². The number of amides is 1. The summed E-state index contributed by atoms with van der Waals surface area (Å²) >= 11 is 0. The molecule has 1 amide bonds. The number of benzene rings is 1. The van der Waals surface area contributed by atoms with Crippen molar-refractivity contribution in [2.24, 2.45) is 5.73 Å². The van der Waals surface area contributed by atoms with Gasteiger partial charge in [0.15, 0.2) is 0 Å². The highest BCUT2D eigenvalue weighted by atomic mass is 16.6. The molecule has 3 N–H and O–H groups in total. The summed E-state index contributed by atoms with van der Waals surface area (Å²) in [6.07, 6.45) is -1.40. The average molecular weight is 251 g/mol. The molecule has 0 saturated carbocycles. The molecule has 1 heterocycles. The van der Waals surface area contributed by atoms with Crippen LogP contribution in [0.1, 0.15) is 18.6 Å². The molecular weight excluding hydrogens is 237 g/mol. The molecule has 1 unspecified atom stereocenters. The summed E-state index contributed by atoms with van der Waals surface area (Å²) in [5.41, 5.74) is 6.22. The first-order chi connectivity index (χ1) is 8.63. The van der Waals surface area contributed by atoms with Gasteiger partial charge in [0.2, 0.25) is 0 Å². The summed E-state index contributed by atoms with van der Waals surface area (Å²) in [6.45, 7) is 2.32. The van der Waals surface area contributed by atoms with Gasteiger partial charge in [-0.15, -0.1) is 0 Å². The van der Waals surface area contributed by atoms with Gasteiger partial charge in [0.25, 0.3) is 0 Å². The van der Waals surface area contributed by atoms with Crippen LogP contribution < -0.4 is 15.9 Å². The molecule has 0 saturated heterocycles. The van der Waals surface area contributed by atoms with Crippen LogP contribution in [0.25, 0.3) is 0 Å². The number of nitrogens with two attached hydrogens (primary N) is 1. The third-order valence-electron chi connectivity index (χ3n) is 2.66. The highest BCUT2D eigenvalue weighted by Gasteiger charge is 2.38. The van der Waals surface area contributed by atoms with Crippen LogP contribution in [0, 0.1) is 0 Å². The molecular formula is C11H14BNO5. The molecule has 0 bridgehead atoms. The Bertz CT molecular complexity index is 453. The minimum Gasteiger partial charge on any atom is -0.494 e. The maximum atomic E-state index is 10.6. The zero-order chi connectivity index (χ0) is 13.1. The third-order valence-corrected chi connectivity index (χ3v) is 2.66. The van der Waals surface area contributed by atoms with Crippen LogP contribution in [-0.4, -0.2) is 31.4 Å². The summed E-state index contributed by atoms with van der Waals surface area (Å²) in [5.74, 6) is 0.573. The second-order valence-electron chi connectivity index (χ2n) is 3.80. The summed E-state index contributed by atoms with van der Waals surface area (Å²) < 4.78 is 15.4. The van der Waals surface area contributed by atoms with E-state index in [0.29, 0.717) is 17.8 Å². The van der Waals surface area contributed by atoms with E-state index in [2.05, 4.69) is 0 Å². The second-order valence-corrected chi connectivity index (χ2v) is 3.80. The van der Waals surface area contributed by atoms with Crippen molar-refractivity contribution in [3.8, 4) is 5.75 Å². The highest BCUT2D eigenvalue weighted by Crippen LogP contribution is 2.27. The van der Waals surface area contributed by atoms with Gasteiger partial charge in [-0.05, 0) is 18.6 Å². The second kappa shape index (κ2) is 5.28. The molecule has 1 aliphatic heterocycles. The molecule has 96 valence electrons. The van der Waals surface area contributed by atoms with Crippen LogP contribution in [0.4, 0.5) is 4.79 Å². The van der Waals surface area contributed by atoms with Crippen molar-refractivity contribution >= 4 is 18.7 Å². The number of primary amides is 1. The van der Waals surface area contributed by atoms with Gasteiger partial charge in [-0.1, -0.05) is 12.1 Å². The Balaban J connectivity index is 2.23. The van der Waals surface area contributed by atoms with Crippen molar-refractivity contribution in [1.82, 2.24) is 0 Å². The molecule has 18 heavy (non-hydrogen) atoms. The van der Waals surface area contributed by atoms with Crippen LogP contribution in [-0.2, 0) is 9.39 Å². The lowest BCUT2D eigenvalue weighted by molar-refractivity contribution is 0.0840. The van der Waals surface area contributed by atoms with Gasteiger partial charge >= 0.3 is 13.2 Å². The number of hydrogen-bond donors (Lipinski definition) is 2.